The highest BCUT2D eigenvalue weighted by Gasteiger charge is 2.21. The predicted octanol–water partition coefficient (Wildman–Crippen LogP) is 6.88. The first-order valence-corrected chi connectivity index (χ1v) is 13.3. The first kappa shape index (κ1) is 26.1. The number of rotatable bonds is 8. The molecule has 0 saturated heterocycles. The molecule has 1 aliphatic heterocycles. The molecule has 0 N–H and O–H groups in total. The predicted molar refractivity (Wildman–Crippen MR) is 156 cm³/mol. The molecule has 5 aromatic rings. The minimum Gasteiger partial charge on any atom is -0.488 e. The quantitative estimate of drug-likeness (QED) is 0.212. The Morgan fingerprint density at radius 2 is 1.73 bits per heavy atom. The molecule has 4 aromatic carbocycles. The van der Waals surface area contributed by atoms with Crippen molar-refractivity contribution in [1.29, 1.82) is 0 Å². The zero-order valence-corrected chi connectivity index (χ0v) is 22.4. The molecule has 0 amide bonds. The second-order valence-corrected chi connectivity index (χ2v) is 9.65. The van der Waals surface area contributed by atoms with Crippen LogP contribution in [0.1, 0.15) is 27.9 Å². The van der Waals surface area contributed by atoms with Gasteiger partial charge in [0.25, 0.3) is 5.56 Å². The average molecular weight is 547 g/mol. The fourth-order valence-electron chi connectivity index (χ4n) is 4.92. The highest BCUT2D eigenvalue weighted by Crippen LogP contribution is 2.37. The van der Waals surface area contributed by atoms with E-state index in [1.54, 1.807) is 24.3 Å². The van der Waals surface area contributed by atoms with Crippen LogP contribution in [0.15, 0.2) is 102 Å². The molecule has 0 radical (unpaired) electrons. The van der Waals surface area contributed by atoms with Crippen LogP contribution in [0.3, 0.4) is 0 Å². The van der Waals surface area contributed by atoms with Gasteiger partial charge in [-0.15, -0.1) is 0 Å². The molecule has 0 unspecified atom stereocenters. The molecule has 204 valence electrons. The van der Waals surface area contributed by atoms with Crippen LogP contribution in [-0.4, -0.2) is 16.6 Å². The summed E-state index contributed by atoms with van der Waals surface area (Å²) in [7, 11) is 0. The van der Waals surface area contributed by atoms with Crippen LogP contribution in [0, 0.1) is 12.7 Å². The number of aromatic nitrogens is 2. The number of aryl methyl sites for hydroxylation is 1. The third-order valence-corrected chi connectivity index (χ3v) is 6.85. The van der Waals surface area contributed by atoms with Gasteiger partial charge in [0, 0.05) is 16.7 Å². The Bertz CT molecular complexity index is 1800. The molecule has 0 atom stereocenters. The minimum atomic E-state index is -0.351. The van der Waals surface area contributed by atoms with Crippen molar-refractivity contribution in [3.8, 4) is 28.4 Å². The van der Waals surface area contributed by atoms with Gasteiger partial charge >= 0.3 is 0 Å². The van der Waals surface area contributed by atoms with Crippen molar-refractivity contribution in [2.24, 2.45) is 0 Å². The smallest absolute Gasteiger partial charge is 0.274 e. The van der Waals surface area contributed by atoms with E-state index in [0.29, 0.717) is 46.2 Å². The van der Waals surface area contributed by atoms with Crippen molar-refractivity contribution in [2.45, 2.75) is 20.1 Å². The molecule has 7 heteroatoms. The zero-order chi connectivity index (χ0) is 28.2. The van der Waals surface area contributed by atoms with Crippen molar-refractivity contribution in [2.75, 3.05) is 6.79 Å². The third kappa shape index (κ3) is 5.61. The fraction of sp³-hybridized carbons (Fsp3) is 0.118. The Morgan fingerprint density at radius 1 is 0.927 bits per heavy atom. The molecule has 0 bridgehead atoms. The molecule has 0 saturated carbocycles. The van der Waals surface area contributed by atoms with Gasteiger partial charge in [-0.3, -0.25) is 4.79 Å². The Kier molecular flexibility index (Phi) is 7.32. The van der Waals surface area contributed by atoms with E-state index in [1.807, 2.05) is 79.7 Å². The van der Waals surface area contributed by atoms with E-state index in [9.17, 15) is 9.18 Å². The van der Waals surface area contributed by atoms with Crippen molar-refractivity contribution >= 4 is 12.2 Å². The number of hydrogen-bond donors (Lipinski definition) is 0. The highest BCUT2D eigenvalue weighted by molar-refractivity contribution is 5.84. The number of hydrogen-bond acceptors (Lipinski definition) is 5. The van der Waals surface area contributed by atoms with E-state index in [4.69, 9.17) is 19.3 Å². The first-order chi connectivity index (χ1) is 20.1. The lowest BCUT2D eigenvalue weighted by Crippen LogP contribution is -2.27. The monoisotopic (exact) mass is 546 g/mol. The van der Waals surface area contributed by atoms with Crippen LogP contribution in [0.5, 0.6) is 17.2 Å². The van der Waals surface area contributed by atoms with Crippen LogP contribution in [0.2, 0.25) is 0 Å². The van der Waals surface area contributed by atoms with E-state index in [1.165, 1.54) is 16.8 Å². The van der Waals surface area contributed by atoms with Gasteiger partial charge in [0.2, 0.25) is 6.79 Å². The number of para-hydroxylation sites is 2. The highest BCUT2D eigenvalue weighted by atomic mass is 19.1. The molecule has 1 aromatic heterocycles. The number of fused-ring (bicyclic) bond motifs is 1. The lowest BCUT2D eigenvalue weighted by Gasteiger charge is -2.17. The number of nitrogens with zero attached hydrogens (tertiary/aromatic N) is 2. The van der Waals surface area contributed by atoms with E-state index in [-0.39, 0.29) is 24.7 Å². The number of benzene rings is 4. The Hall–Kier alpha value is -5.17. The molecule has 2 heterocycles. The van der Waals surface area contributed by atoms with Gasteiger partial charge in [-0.2, -0.15) is 5.10 Å². The van der Waals surface area contributed by atoms with E-state index < -0.39 is 0 Å². The Balaban J connectivity index is 1.46. The number of halogens is 1. The van der Waals surface area contributed by atoms with Gasteiger partial charge in [0.05, 0.1) is 17.8 Å². The summed E-state index contributed by atoms with van der Waals surface area (Å²) in [6.07, 6.45) is 3.46. The molecule has 41 heavy (non-hydrogen) atoms. The SMILES string of the molecule is Cc1nn(Cc2cccc3c2OCO3)c(=O)c(/C=C/c2cccc(F)c2)c1-c1ccccc1OCc1ccccc1. The Morgan fingerprint density at radius 3 is 2.59 bits per heavy atom. The molecule has 0 fully saturated rings. The summed E-state index contributed by atoms with van der Waals surface area (Å²) >= 11 is 0. The maximum absolute atomic E-state index is 14.1. The summed E-state index contributed by atoms with van der Waals surface area (Å²) < 4.78 is 32.8. The van der Waals surface area contributed by atoms with Crippen LogP contribution in [0.25, 0.3) is 23.3 Å². The normalized spacial score (nSPS) is 12.1. The lowest BCUT2D eigenvalue weighted by molar-refractivity contribution is 0.173. The average Bonchev–Trinajstić information content (AvgIpc) is 3.48. The van der Waals surface area contributed by atoms with Crippen molar-refractivity contribution in [1.82, 2.24) is 9.78 Å². The summed E-state index contributed by atoms with van der Waals surface area (Å²) in [5.41, 5.74) is 4.61. The van der Waals surface area contributed by atoms with Crippen LogP contribution in [-0.2, 0) is 13.2 Å². The maximum atomic E-state index is 14.1. The van der Waals surface area contributed by atoms with Crippen molar-refractivity contribution in [3.63, 3.8) is 0 Å². The first-order valence-electron chi connectivity index (χ1n) is 13.3. The molecular formula is C34H27FN2O4. The topological polar surface area (TPSA) is 62.6 Å². The molecular weight excluding hydrogens is 519 g/mol. The van der Waals surface area contributed by atoms with Crippen LogP contribution < -0.4 is 19.8 Å². The second-order valence-electron chi connectivity index (χ2n) is 9.65. The van der Waals surface area contributed by atoms with Crippen molar-refractivity contribution < 1.29 is 18.6 Å². The summed E-state index contributed by atoms with van der Waals surface area (Å²) in [5.74, 6) is 1.53. The fourth-order valence-corrected chi connectivity index (χ4v) is 4.92. The maximum Gasteiger partial charge on any atom is 0.274 e. The third-order valence-electron chi connectivity index (χ3n) is 6.85. The van der Waals surface area contributed by atoms with Gasteiger partial charge in [-0.1, -0.05) is 78.9 Å². The van der Waals surface area contributed by atoms with Gasteiger partial charge in [-0.05, 0) is 48.4 Å². The molecule has 6 nitrogen and oxygen atoms in total. The molecule has 1 aliphatic rings. The van der Waals surface area contributed by atoms with Crippen molar-refractivity contribution in [3.05, 3.63) is 141 Å². The van der Waals surface area contributed by atoms with E-state index in [0.717, 1.165) is 16.7 Å². The molecule has 6 rings (SSSR count). The van der Waals surface area contributed by atoms with E-state index >= 15 is 0 Å². The largest absolute Gasteiger partial charge is 0.488 e. The molecule has 0 aliphatic carbocycles. The van der Waals surface area contributed by atoms with Gasteiger partial charge < -0.3 is 14.2 Å². The lowest BCUT2D eigenvalue weighted by atomic mass is 9.97. The summed E-state index contributed by atoms with van der Waals surface area (Å²) in [5, 5.41) is 4.72. The molecule has 0 spiro atoms. The zero-order valence-electron chi connectivity index (χ0n) is 22.4. The van der Waals surface area contributed by atoms with E-state index in [2.05, 4.69) is 0 Å². The summed E-state index contributed by atoms with van der Waals surface area (Å²) in [6, 6.07) is 29.3. The number of ether oxygens (including phenoxy) is 3. The second kappa shape index (κ2) is 11.5. The van der Waals surface area contributed by atoms with Crippen LogP contribution in [0.4, 0.5) is 4.39 Å². The standard InChI is InChI=1S/C34H27FN2O4/c1-23-32(28-14-5-6-15-30(28)39-21-25-9-3-2-4-10-25)29(18-17-24-11-7-13-27(35)19-24)34(38)37(36-23)20-26-12-8-16-31-33(26)41-22-40-31/h2-19H,20-22H2,1H3/b18-17+. The summed E-state index contributed by atoms with van der Waals surface area (Å²) in [6.45, 7) is 2.57. The van der Waals surface area contributed by atoms with Gasteiger partial charge in [-0.25, -0.2) is 9.07 Å². The van der Waals surface area contributed by atoms with Gasteiger partial charge in [0.1, 0.15) is 18.2 Å². The van der Waals surface area contributed by atoms with Gasteiger partial charge in [0.15, 0.2) is 11.5 Å². The van der Waals surface area contributed by atoms with Crippen LogP contribution >= 0.6 is 0 Å². The minimum absolute atomic E-state index is 0.133. The Labute approximate surface area is 236 Å². The summed E-state index contributed by atoms with van der Waals surface area (Å²) in [4.78, 5) is 14.1.